The summed E-state index contributed by atoms with van der Waals surface area (Å²) in [7, 11) is -2.25. The third kappa shape index (κ3) is 3.77. The van der Waals surface area contributed by atoms with Crippen molar-refractivity contribution < 1.29 is 17.6 Å². The number of amides is 1. The Balaban J connectivity index is 1.49. The number of hydrogen-bond donors (Lipinski definition) is 1. The zero-order valence-electron chi connectivity index (χ0n) is 16.2. The quantitative estimate of drug-likeness (QED) is 0.627. The fourth-order valence-corrected chi connectivity index (χ4v) is 5.82. The van der Waals surface area contributed by atoms with Gasteiger partial charge in [0.2, 0.25) is 10.0 Å². The minimum atomic E-state index is -3.72. The zero-order chi connectivity index (χ0) is 21.3. The van der Waals surface area contributed by atoms with E-state index in [-0.39, 0.29) is 17.3 Å². The molecule has 154 valence electrons. The van der Waals surface area contributed by atoms with E-state index in [0.717, 1.165) is 29.7 Å². The van der Waals surface area contributed by atoms with E-state index in [0.29, 0.717) is 21.9 Å². The Bertz CT molecular complexity index is 1220. The van der Waals surface area contributed by atoms with Gasteiger partial charge in [-0.05, 0) is 61.2 Å². The lowest BCUT2D eigenvalue weighted by molar-refractivity contribution is 0.102. The number of hydrogen-bond acceptors (Lipinski definition) is 6. The van der Waals surface area contributed by atoms with Crippen molar-refractivity contribution in [3.05, 3.63) is 70.0 Å². The van der Waals surface area contributed by atoms with Gasteiger partial charge in [0, 0.05) is 17.5 Å². The summed E-state index contributed by atoms with van der Waals surface area (Å²) in [4.78, 5) is 13.9. The van der Waals surface area contributed by atoms with Crippen LogP contribution < -0.4 is 5.32 Å². The van der Waals surface area contributed by atoms with Crippen LogP contribution >= 0.6 is 11.3 Å². The summed E-state index contributed by atoms with van der Waals surface area (Å²) < 4.78 is 31.9. The highest BCUT2D eigenvalue weighted by molar-refractivity contribution is 7.89. The van der Waals surface area contributed by atoms with Crippen molar-refractivity contribution in [2.75, 3.05) is 12.4 Å². The van der Waals surface area contributed by atoms with Crippen LogP contribution in [0, 0.1) is 11.3 Å². The van der Waals surface area contributed by atoms with E-state index in [9.17, 15) is 18.5 Å². The van der Waals surface area contributed by atoms with Crippen molar-refractivity contribution >= 4 is 32.3 Å². The Kier molecular flexibility index (Phi) is 5.47. The molecule has 0 spiro atoms. The molecule has 9 heteroatoms. The molecule has 0 saturated heterocycles. The van der Waals surface area contributed by atoms with Crippen molar-refractivity contribution in [2.24, 2.45) is 0 Å². The maximum atomic E-state index is 12.7. The highest BCUT2D eigenvalue weighted by Crippen LogP contribution is 2.38. The lowest BCUT2D eigenvalue weighted by Gasteiger charge is -2.16. The molecule has 1 aliphatic carbocycles. The van der Waals surface area contributed by atoms with Crippen LogP contribution in [0.2, 0.25) is 0 Å². The molecule has 1 aliphatic rings. The minimum absolute atomic E-state index is 0.0842. The predicted molar refractivity (Wildman–Crippen MR) is 113 cm³/mol. The summed E-state index contributed by atoms with van der Waals surface area (Å²) in [5.41, 5.74) is 1.90. The maximum absolute atomic E-state index is 12.7. The lowest BCUT2D eigenvalue weighted by Crippen LogP contribution is -2.26. The first-order valence-corrected chi connectivity index (χ1v) is 11.6. The predicted octanol–water partition coefficient (Wildman–Crippen LogP) is 3.77. The van der Waals surface area contributed by atoms with Gasteiger partial charge in [-0.3, -0.25) is 4.79 Å². The second-order valence-electron chi connectivity index (χ2n) is 6.99. The summed E-state index contributed by atoms with van der Waals surface area (Å²) in [6.07, 6.45) is 4.32. The number of fused-ring (bicyclic) bond motifs is 1. The third-order valence-corrected chi connectivity index (χ3v) is 8.07. The number of furan rings is 1. The first kappa shape index (κ1) is 20.3. The molecule has 7 nitrogen and oxygen atoms in total. The second-order valence-corrected chi connectivity index (χ2v) is 10.1. The molecule has 2 aromatic heterocycles. The third-order valence-electron chi connectivity index (χ3n) is 5.04. The number of thiophene rings is 1. The topological polar surface area (TPSA) is 103 Å². The van der Waals surface area contributed by atoms with Crippen molar-refractivity contribution in [1.29, 1.82) is 5.26 Å². The van der Waals surface area contributed by atoms with Crippen molar-refractivity contribution in [3.8, 4) is 6.07 Å². The Morgan fingerprint density at radius 3 is 2.70 bits per heavy atom. The normalized spacial score (nSPS) is 13.2. The molecular weight excluding hydrogens is 422 g/mol. The molecule has 30 heavy (non-hydrogen) atoms. The van der Waals surface area contributed by atoms with Crippen molar-refractivity contribution in [1.82, 2.24) is 4.31 Å². The van der Waals surface area contributed by atoms with Crippen LogP contribution in [0.4, 0.5) is 5.00 Å². The average molecular weight is 442 g/mol. The number of aryl methyl sites for hydroxylation is 1. The van der Waals surface area contributed by atoms with Crippen molar-refractivity contribution in [3.63, 3.8) is 0 Å². The van der Waals surface area contributed by atoms with Gasteiger partial charge in [0.25, 0.3) is 5.91 Å². The monoisotopic (exact) mass is 441 g/mol. The summed E-state index contributed by atoms with van der Waals surface area (Å²) in [6, 6.07) is 11.3. The highest BCUT2D eigenvalue weighted by atomic mass is 32.2. The summed E-state index contributed by atoms with van der Waals surface area (Å²) in [5.74, 6) is 0.160. The van der Waals surface area contributed by atoms with Gasteiger partial charge in [-0.2, -0.15) is 9.57 Å². The van der Waals surface area contributed by atoms with Crippen LogP contribution in [0.25, 0.3) is 0 Å². The molecular formula is C21H19N3O4S2. The largest absolute Gasteiger partial charge is 0.468 e. The van der Waals surface area contributed by atoms with E-state index in [1.165, 1.54) is 53.2 Å². The SMILES string of the molecule is CN(Cc1ccco1)S(=O)(=O)c1ccc(C(=O)Nc2sc3c(c2C#N)CCC3)cc1. The Hall–Kier alpha value is -2.93. The van der Waals surface area contributed by atoms with Crippen molar-refractivity contribution in [2.45, 2.75) is 30.7 Å². The van der Waals surface area contributed by atoms with E-state index >= 15 is 0 Å². The van der Waals surface area contributed by atoms with Gasteiger partial charge in [0.15, 0.2) is 0 Å². The van der Waals surface area contributed by atoms with Crippen LogP contribution in [0.15, 0.2) is 52.0 Å². The minimum Gasteiger partial charge on any atom is -0.468 e. The first-order chi connectivity index (χ1) is 14.4. The molecule has 0 fully saturated rings. The number of nitrogens with zero attached hydrogens (tertiary/aromatic N) is 2. The van der Waals surface area contributed by atoms with E-state index in [2.05, 4.69) is 11.4 Å². The maximum Gasteiger partial charge on any atom is 0.256 e. The molecule has 0 atom stereocenters. The molecule has 4 rings (SSSR count). The zero-order valence-corrected chi connectivity index (χ0v) is 17.8. The smallest absolute Gasteiger partial charge is 0.256 e. The van der Waals surface area contributed by atoms with Gasteiger partial charge >= 0.3 is 0 Å². The number of anilines is 1. The molecule has 1 aromatic carbocycles. The van der Waals surface area contributed by atoms with Crippen LogP contribution in [-0.2, 0) is 29.4 Å². The fourth-order valence-electron chi connectivity index (χ4n) is 3.45. The second kappa shape index (κ2) is 8.07. The number of benzene rings is 1. The Labute approximate surface area is 178 Å². The highest BCUT2D eigenvalue weighted by Gasteiger charge is 2.24. The number of nitriles is 1. The lowest BCUT2D eigenvalue weighted by atomic mass is 10.1. The summed E-state index contributed by atoms with van der Waals surface area (Å²) in [6.45, 7) is 0.109. The van der Waals surface area contributed by atoms with E-state index in [1.54, 1.807) is 12.1 Å². The van der Waals surface area contributed by atoms with E-state index in [4.69, 9.17) is 4.42 Å². The summed E-state index contributed by atoms with van der Waals surface area (Å²) in [5, 5.41) is 12.8. The molecule has 0 unspecified atom stereocenters. The van der Waals surface area contributed by atoms with Gasteiger partial charge < -0.3 is 9.73 Å². The van der Waals surface area contributed by atoms with Gasteiger partial charge in [-0.1, -0.05) is 0 Å². The fraction of sp³-hybridized carbons (Fsp3) is 0.238. The van der Waals surface area contributed by atoms with Gasteiger partial charge in [-0.15, -0.1) is 11.3 Å². The number of rotatable bonds is 6. The van der Waals surface area contributed by atoms with Crippen LogP contribution in [0.3, 0.4) is 0 Å². The van der Waals surface area contributed by atoms with E-state index < -0.39 is 10.0 Å². The number of carbonyl (C=O) groups excluding carboxylic acids is 1. The van der Waals surface area contributed by atoms with Crippen LogP contribution in [0.5, 0.6) is 0 Å². The van der Waals surface area contributed by atoms with E-state index in [1.807, 2.05) is 0 Å². The summed E-state index contributed by atoms with van der Waals surface area (Å²) >= 11 is 1.44. The number of sulfonamides is 1. The number of carbonyl (C=O) groups is 1. The average Bonchev–Trinajstić information content (AvgIpc) is 3.46. The number of nitrogens with one attached hydrogen (secondary N) is 1. The first-order valence-electron chi connectivity index (χ1n) is 9.35. The standard InChI is InChI=1S/C21H19N3O4S2/c1-24(13-15-4-3-11-28-15)30(26,27)16-9-7-14(8-10-16)20(25)23-21-18(12-22)17-5-2-6-19(17)29-21/h3-4,7-11H,2,5-6,13H2,1H3,(H,23,25). The molecule has 0 bridgehead atoms. The van der Waals surface area contributed by atoms with Gasteiger partial charge in [0.1, 0.15) is 16.8 Å². The molecule has 1 amide bonds. The molecule has 0 radical (unpaired) electrons. The Morgan fingerprint density at radius 1 is 1.27 bits per heavy atom. The van der Waals surface area contributed by atoms with Crippen LogP contribution in [0.1, 0.15) is 38.5 Å². The molecule has 0 aliphatic heterocycles. The van der Waals surface area contributed by atoms with Crippen LogP contribution in [-0.4, -0.2) is 25.7 Å². The molecule has 1 N–H and O–H groups in total. The molecule has 3 aromatic rings. The Morgan fingerprint density at radius 2 is 2.03 bits per heavy atom. The molecule has 0 saturated carbocycles. The molecule has 2 heterocycles. The van der Waals surface area contributed by atoms with Gasteiger partial charge in [0.05, 0.1) is 23.3 Å². The van der Waals surface area contributed by atoms with Gasteiger partial charge in [-0.25, -0.2) is 8.42 Å².